The standard InChI is InChI=1S/C9H13F3O2S/c1-2-14-7(13)5-15-6-8(3-4-8)9(10,11)12/h2-6H2,1H3. The highest BCUT2D eigenvalue weighted by Gasteiger charge is 2.62. The summed E-state index contributed by atoms with van der Waals surface area (Å²) < 4.78 is 41.9. The Bertz CT molecular complexity index is 236. The Labute approximate surface area is 90.5 Å². The van der Waals surface area contributed by atoms with Crippen molar-refractivity contribution in [3.63, 3.8) is 0 Å². The molecule has 2 nitrogen and oxygen atoms in total. The van der Waals surface area contributed by atoms with Gasteiger partial charge in [-0.05, 0) is 19.8 Å². The molecule has 0 spiro atoms. The molecule has 0 N–H and O–H groups in total. The zero-order valence-electron chi connectivity index (χ0n) is 8.39. The fraction of sp³-hybridized carbons (Fsp3) is 0.889. The minimum atomic E-state index is -4.13. The molecule has 0 amide bonds. The first-order chi connectivity index (χ1) is 6.91. The molecule has 1 rings (SSSR count). The molecule has 1 fully saturated rings. The van der Waals surface area contributed by atoms with Gasteiger partial charge in [-0.1, -0.05) is 0 Å². The number of carbonyl (C=O) groups excluding carboxylic acids is 1. The van der Waals surface area contributed by atoms with Crippen molar-refractivity contribution >= 4 is 17.7 Å². The number of halogens is 3. The Morgan fingerprint density at radius 3 is 2.47 bits per heavy atom. The molecule has 0 heterocycles. The molecule has 1 aliphatic carbocycles. The van der Waals surface area contributed by atoms with Crippen LogP contribution in [0.4, 0.5) is 13.2 Å². The smallest absolute Gasteiger partial charge is 0.395 e. The lowest BCUT2D eigenvalue weighted by atomic mass is 10.1. The second-order valence-corrected chi connectivity index (χ2v) is 4.56. The van der Waals surface area contributed by atoms with E-state index in [9.17, 15) is 18.0 Å². The van der Waals surface area contributed by atoms with Crippen molar-refractivity contribution in [2.45, 2.75) is 25.9 Å². The number of ether oxygens (including phenoxy) is 1. The van der Waals surface area contributed by atoms with Gasteiger partial charge in [0.15, 0.2) is 0 Å². The van der Waals surface area contributed by atoms with E-state index in [1.807, 2.05) is 0 Å². The van der Waals surface area contributed by atoms with Crippen LogP contribution in [0.1, 0.15) is 19.8 Å². The monoisotopic (exact) mass is 242 g/mol. The van der Waals surface area contributed by atoms with Gasteiger partial charge in [0.2, 0.25) is 0 Å². The summed E-state index contributed by atoms with van der Waals surface area (Å²) in [5.74, 6) is -0.471. The predicted octanol–water partition coefficient (Wildman–Crippen LogP) is 2.63. The zero-order chi connectivity index (χ0) is 11.5. The summed E-state index contributed by atoms with van der Waals surface area (Å²) in [6, 6.07) is 0. The lowest BCUT2D eigenvalue weighted by molar-refractivity contribution is -0.179. The number of alkyl halides is 3. The van der Waals surface area contributed by atoms with Crippen molar-refractivity contribution in [2.24, 2.45) is 5.41 Å². The van der Waals surface area contributed by atoms with Gasteiger partial charge in [0.1, 0.15) is 0 Å². The molecule has 0 saturated heterocycles. The average Bonchev–Trinajstić information content (AvgIpc) is 2.84. The number of thioether (sulfide) groups is 1. The molecule has 0 atom stereocenters. The molecular weight excluding hydrogens is 229 g/mol. The van der Waals surface area contributed by atoms with Gasteiger partial charge in [0.05, 0.1) is 17.8 Å². The molecule has 0 aromatic carbocycles. The van der Waals surface area contributed by atoms with Crippen molar-refractivity contribution in [1.29, 1.82) is 0 Å². The molecule has 0 unspecified atom stereocenters. The minimum Gasteiger partial charge on any atom is -0.465 e. The molecule has 0 aromatic heterocycles. The molecule has 0 bridgehead atoms. The second kappa shape index (κ2) is 4.63. The summed E-state index contributed by atoms with van der Waals surface area (Å²) in [4.78, 5) is 10.9. The Morgan fingerprint density at radius 2 is 2.07 bits per heavy atom. The highest BCUT2D eigenvalue weighted by molar-refractivity contribution is 7.99. The SMILES string of the molecule is CCOC(=O)CSCC1(C(F)(F)F)CC1. The summed E-state index contributed by atoms with van der Waals surface area (Å²) in [5, 5.41) is 0. The summed E-state index contributed by atoms with van der Waals surface area (Å²) in [5.41, 5.74) is -1.52. The Morgan fingerprint density at radius 1 is 1.47 bits per heavy atom. The Balaban J connectivity index is 2.24. The van der Waals surface area contributed by atoms with Crippen LogP contribution >= 0.6 is 11.8 Å². The van der Waals surface area contributed by atoms with Crippen LogP contribution in [-0.2, 0) is 9.53 Å². The minimum absolute atomic E-state index is 0.00562. The van der Waals surface area contributed by atoms with Crippen LogP contribution in [0.2, 0.25) is 0 Å². The van der Waals surface area contributed by atoms with E-state index >= 15 is 0 Å². The van der Waals surface area contributed by atoms with Gasteiger partial charge in [-0.25, -0.2) is 0 Å². The highest BCUT2D eigenvalue weighted by atomic mass is 32.2. The maximum Gasteiger partial charge on any atom is 0.395 e. The molecular formula is C9H13F3O2S. The summed E-state index contributed by atoms with van der Waals surface area (Å²) in [6.07, 6.45) is -3.76. The lowest BCUT2D eigenvalue weighted by Crippen LogP contribution is -2.27. The number of rotatable bonds is 5. The van der Waals surface area contributed by atoms with E-state index in [2.05, 4.69) is 4.74 Å². The number of hydrogen-bond acceptors (Lipinski definition) is 3. The van der Waals surface area contributed by atoms with Crippen molar-refractivity contribution in [3.8, 4) is 0 Å². The van der Waals surface area contributed by atoms with E-state index in [-0.39, 0.29) is 31.0 Å². The third-order valence-corrected chi connectivity index (χ3v) is 3.56. The van der Waals surface area contributed by atoms with Gasteiger partial charge in [-0.15, -0.1) is 11.8 Å². The molecule has 0 aliphatic heterocycles. The van der Waals surface area contributed by atoms with E-state index in [4.69, 9.17) is 0 Å². The van der Waals surface area contributed by atoms with E-state index in [1.54, 1.807) is 6.92 Å². The van der Waals surface area contributed by atoms with Crippen molar-refractivity contribution in [1.82, 2.24) is 0 Å². The van der Waals surface area contributed by atoms with E-state index < -0.39 is 17.6 Å². The molecule has 0 aromatic rings. The van der Waals surface area contributed by atoms with Crippen molar-refractivity contribution in [2.75, 3.05) is 18.1 Å². The third kappa shape index (κ3) is 3.29. The van der Waals surface area contributed by atoms with Crippen LogP contribution in [0, 0.1) is 5.41 Å². The zero-order valence-corrected chi connectivity index (χ0v) is 9.21. The molecule has 1 aliphatic rings. The molecule has 1 saturated carbocycles. The normalized spacial score (nSPS) is 18.7. The van der Waals surface area contributed by atoms with Gasteiger partial charge in [0, 0.05) is 5.75 Å². The largest absolute Gasteiger partial charge is 0.465 e. The first-order valence-electron chi connectivity index (χ1n) is 4.71. The molecule has 6 heteroatoms. The molecule has 15 heavy (non-hydrogen) atoms. The van der Waals surface area contributed by atoms with Gasteiger partial charge < -0.3 is 4.74 Å². The number of carbonyl (C=O) groups is 1. The van der Waals surface area contributed by atoms with Gasteiger partial charge >= 0.3 is 12.1 Å². The first kappa shape index (κ1) is 12.7. The number of hydrogen-bond donors (Lipinski definition) is 0. The van der Waals surface area contributed by atoms with E-state index in [0.29, 0.717) is 0 Å². The van der Waals surface area contributed by atoms with Crippen molar-refractivity contribution < 1.29 is 22.7 Å². The topological polar surface area (TPSA) is 26.3 Å². The van der Waals surface area contributed by atoms with Gasteiger partial charge in [-0.3, -0.25) is 4.79 Å². The second-order valence-electron chi connectivity index (χ2n) is 3.58. The first-order valence-corrected chi connectivity index (χ1v) is 5.87. The fourth-order valence-electron chi connectivity index (χ4n) is 1.19. The average molecular weight is 242 g/mol. The molecule has 0 radical (unpaired) electrons. The Kier molecular flexibility index (Phi) is 3.92. The summed E-state index contributed by atoms with van der Waals surface area (Å²) >= 11 is 1.00. The maximum absolute atomic E-state index is 12.4. The van der Waals surface area contributed by atoms with Crippen LogP contribution in [0.15, 0.2) is 0 Å². The van der Waals surface area contributed by atoms with Crippen LogP contribution in [0.25, 0.3) is 0 Å². The third-order valence-electron chi connectivity index (χ3n) is 2.36. The highest BCUT2D eigenvalue weighted by Crippen LogP contribution is 2.59. The fourth-order valence-corrected chi connectivity index (χ4v) is 2.39. The van der Waals surface area contributed by atoms with Crippen LogP contribution < -0.4 is 0 Å². The summed E-state index contributed by atoms with van der Waals surface area (Å²) in [7, 11) is 0. The van der Waals surface area contributed by atoms with E-state index in [1.165, 1.54) is 0 Å². The summed E-state index contributed by atoms with van der Waals surface area (Å²) in [6.45, 7) is 1.93. The predicted molar refractivity (Wildman–Crippen MR) is 51.7 cm³/mol. The van der Waals surface area contributed by atoms with E-state index in [0.717, 1.165) is 11.8 Å². The van der Waals surface area contributed by atoms with Gasteiger partial charge in [-0.2, -0.15) is 13.2 Å². The lowest BCUT2D eigenvalue weighted by Gasteiger charge is -2.18. The number of esters is 1. The Hall–Kier alpha value is -0.390. The van der Waals surface area contributed by atoms with Gasteiger partial charge in [0.25, 0.3) is 0 Å². The maximum atomic E-state index is 12.4. The van der Waals surface area contributed by atoms with Crippen molar-refractivity contribution in [3.05, 3.63) is 0 Å². The van der Waals surface area contributed by atoms with Crippen LogP contribution in [0.5, 0.6) is 0 Å². The van der Waals surface area contributed by atoms with Crippen LogP contribution in [-0.4, -0.2) is 30.3 Å². The molecule has 88 valence electrons. The van der Waals surface area contributed by atoms with Crippen LogP contribution in [0.3, 0.4) is 0 Å². The quantitative estimate of drug-likeness (QED) is 0.693.